The molecule has 1 aromatic heterocycles. The molecule has 304 valence electrons. The zero-order valence-corrected chi connectivity index (χ0v) is 32.5. The van der Waals surface area contributed by atoms with Gasteiger partial charge in [-0.3, -0.25) is 24.9 Å². The highest BCUT2D eigenvalue weighted by molar-refractivity contribution is 6.12. The van der Waals surface area contributed by atoms with Crippen molar-refractivity contribution in [3.8, 4) is 17.6 Å². The van der Waals surface area contributed by atoms with Crippen molar-refractivity contribution in [3.63, 3.8) is 0 Å². The molecule has 0 bridgehead atoms. The lowest BCUT2D eigenvalue weighted by Gasteiger charge is -2.18. The van der Waals surface area contributed by atoms with Gasteiger partial charge in [0.05, 0.1) is 90.0 Å². The number of amides is 2. The Morgan fingerprint density at radius 2 is 1.42 bits per heavy atom. The quantitative estimate of drug-likeness (QED) is 0.0464. The van der Waals surface area contributed by atoms with E-state index in [1.54, 1.807) is 60.6 Å². The number of hydrazine groups is 1. The fourth-order valence-electron chi connectivity index (χ4n) is 6.07. The van der Waals surface area contributed by atoms with Gasteiger partial charge in [0, 0.05) is 46.8 Å². The van der Waals surface area contributed by atoms with Crippen molar-refractivity contribution >= 4 is 28.5 Å². The Kier molecular flexibility index (Phi) is 17.4. The smallest absolute Gasteiger partial charge is 0.265 e. The number of H-pyrrole nitrogens is 1. The molecular weight excluding hydrogens is 734 g/mol. The maximum atomic E-state index is 13.9. The summed E-state index contributed by atoms with van der Waals surface area (Å²) in [5.41, 5.74) is 6.83. The summed E-state index contributed by atoms with van der Waals surface area (Å²) in [6.45, 7) is 8.83. The van der Waals surface area contributed by atoms with Crippen LogP contribution < -0.4 is 15.5 Å². The summed E-state index contributed by atoms with van der Waals surface area (Å²) in [7, 11) is 0. The van der Waals surface area contributed by atoms with Crippen molar-refractivity contribution in [3.05, 3.63) is 94.2 Å². The number of aliphatic hydroxyl groups is 1. The molecular formula is C42H51N5O10. The predicted molar refractivity (Wildman–Crippen MR) is 211 cm³/mol. The van der Waals surface area contributed by atoms with E-state index in [2.05, 4.69) is 32.8 Å². The molecule has 2 amide bonds. The maximum absolute atomic E-state index is 13.9. The molecule has 0 saturated carbocycles. The summed E-state index contributed by atoms with van der Waals surface area (Å²) in [5, 5.41) is 21.3. The summed E-state index contributed by atoms with van der Waals surface area (Å²) in [4.78, 5) is 39.9. The number of ether oxygens (including phenoxy) is 6. The van der Waals surface area contributed by atoms with Crippen LogP contribution in [0.25, 0.3) is 10.9 Å². The molecule has 0 radical (unpaired) electrons. The number of hydrogen-bond donors (Lipinski definition) is 4. The number of ketones is 1. The first kappa shape index (κ1) is 43.0. The molecule has 0 unspecified atom stereocenters. The number of aromatic nitrogens is 2. The van der Waals surface area contributed by atoms with E-state index in [1.807, 2.05) is 19.1 Å². The monoisotopic (exact) mass is 785 g/mol. The second kappa shape index (κ2) is 23.1. The number of nitrogens with one attached hydrogen (secondary N) is 3. The molecule has 4 N–H and O–H groups in total. The molecule has 0 spiro atoms. The highest BCUT2D eigenvalue weighted by atomic mass is 16.6. The van der Waals surface area contributed by atoms with Crippen LogP contribution in [0.1, 0.15) is 61.1 Å². The van der Waals surface area contributed by atoms with Crippen molar-refractivity contribution in [2.45, 2.75) is 26.3 Å². The Labute approximate surface area is 332 Å². The molecule has 15 nitrogen and oxygen atoms in total. The topological polar surface area (TPSA) is 183 Å². The van der Waals surface area contributed by atoms with Gasteiger partial charge < -0.3 is 38.8 Å². The van der Waals surface area contributed by atoms with Crippen LogP contribution in [0.2, 0.25) is 0 Å². The number of carbonyl (C=O) groups excluding carboxylic acids is 3. The van der Waals surface area contributed by atoms with Crippen LogP contribution >= 0.6 is 0 Å². The van der Waals surface area contributed by atoms with E-state index in [4.69, 9.17) is 33.5 Å². The molecule has 1 aliphatic heterocycles. The average Bonchev–Trinajstić information content (AvgIpc) is 3.88. The second-order valence-corrected chi connectivity index (χ2v) is 13.0. The lowest BCUT2D eigenvalue weighted by Crippen LogP contribution is -2.43. The second-order valence-electron chi connectivity index (χ2n) is 13.0. The van der Waals surface area contributed by atoms with Crippen LogP contribution in [-0.4, -0.2) is 136 Å². The van der Waals surface area contributed by atoms with Crippen LogP contribution in [0.4, 0.5) is 0 Å². The maximum Gasteiger partial charge on any atom is 0.265 e. The third kappa shape index (κ3) is 13.2. The molecule has 5 rings (SSSR count). The normalized spacial score (nSPS) is 14.0. The highest BCUT2D eigenvalue weighted by Crippen LogP contribution is 2.28. The minimum Gasteiger partial charge on any atom is -0.490 e. The van der Waals surface area contributed by atoms with Crippen LogP contribution in [0, 0.1) is 18.8 Å². The van der Waals surface area contributed by atoms with Gasteiger partial charge in [-0.05, 0) is 62.2 Å². The molecule has 1 fully saturated rings. The molecule has 15 heteroatoms. The lowest BCUT2D eigenvalue weighted by atomic mass is 9.94. The van der Waals surface area contributed by atoms with Gasteiger partial charge in [0.15, 0.2) is 5.78 Å². The van der Waals surface area contributed by atoms with Crippen LogP contribution in [-0.2, 0) is 23.7 Å². The van der Waals surface area contributed by atoms with Gasteiger partial charge in [0.2, 0.25) is 0 Å². The van der Waals surface area contributed by atoms with Gasteiger partial charge in [-0.2, -0.15) is 5.10 Å². The Morgan fingerprint density at radius 1 is 0.807 bits per heavy atom. The summed E-state index contributed by atoms with van der Waals surface area (Å²) < 4.78 is 33.2. The summed E-state index contributed by atoms with van der Waals surface area (Å²) in [6, 6.07) is 15.3. The molecule has 57 heavy (non-hydrogen) atoms. The first-order valence-electron chi connectivity index (χ1n) is 19.0. The fraction of sp³-hybridized carbons (Fsp3) is 0.429. The molecule has 3 aromatic carbocycles. The predicted octanol–water partition coefficient (Wildman–Crippen LogP) is 3.08. The number of aliphatic hydroxyl groups excluding tert-OH is 1. The Morgan fingerprint density at radius 3 is 2.07 bits per heavy atom. The first-order chi connectivity index (χ1) is 27.9. The largest absolute Gasteiger partial charge is 0.490 e. The molecule has 1 aliphatic rings. The highest BCUT2D eigenvalue weighted by Gasteiger charge is 2.26. The lowest BCUT2D eigenvalue weighted by molar-refractivity contribution is -0.0146. The number of carbonyl (C=O) groups is 3. The summed E-state index contributed by atoms with van der Waals surface area (Å²) in [6.07, 6.45) is 2.38. The van der Waals surface area contributed by atoms with Crippen molar-refractivity contribution in [2.24, 2.45) is 0 Å². The summed E-state index contributed by atoms with van der Waals surface area (Å²) in [5.74, 6) is 5.61. The van der Waals surface area contributed by atoms with E-state index in [0.717, 1.165) is 16.5 Å². The third-order valence-electron chi connectivity index (χ3n) is 9.02. The zero-order valence-electron chi connectivity index (χ0n) is 32.5. The number of nitrogens with zero attached hydrogens (tertiary/aromatic N) is 2. The Hall–Kier alpha value is -5.18. The van der Waals surface area contributed by atoms with E-state index in [9.17, 15) is 14.4 Å². The minimum absolute atomic E-state index is 0.00164. The van der Waals surface area contributed by atoms with E-state index < -0.39 is 0 Å². The van der Waals surface area contributed by atoms with Gasteiger partial charge in [-0.1, -0.05) is 24.1 Å². The van der Waals surface area contributed by atoms with Crippen molar-refractivity contribution < 1.29 is 47.9 Å². The first-order valence-corrected chi connectivity index (χ1v) is 19.0. The molecule has 4 aromatic rings. The molecule has 0 aliphatic carbocycles. The zero-order chi connectivity index (χ0) is 40.2. The average molecular weight is 786 g/mol. The Bertz CT molecular complexity index is 1970. The van der Waals surface area contributed by atoms with Crippen molar-refractivity contribution in [2.75, 3.05) is 92.4 Å². The Balaban J connectivity index is 1.04. The SMILES string of the molecule is CC#Cc1ccc(OCCOCCOCCOCCOCCOCCO)c(C(=O)c2ccc(C(=O)NN3CC[C@@H](NC(=O)c4ccc5cn[nH]c5c4)C3)cc2)c1C. The number of hydrogen-bond acceptors (Lipinski definition) is 12. The van der Waals surface area contributed by atoms with Gasteiger partial charge in [-0.25, -0.2) is 5.01 Å². The van der Waals surface area contributed by atoms with Crippen LogP contribution in [0.3, 0.4) is 0 Å². The standard InChI is InChI=1S/C42H51N5O10/c1-3-4-31-11-12-38(57-26-25-56-24-23-55-22-21-54-20-19-53-18-17-52-16-15-48)39(30(31)2)40(49)32-5-7-33(8-6-32)42(51)46-47-14-13-36(29-47)44-41(50)34-9-10-35-28-43-45-37(35)27-34/h5-12,27-28,36,48H,13-26,29H2,1-2H3,(H,43,45)(H,44,50)(H,46,51)/t36-/m1/s1. The van der Waals surface area contributed by atoms with Gasteiger partial charge in [0.25, 0.3) is 11.8 Å². The van der Waals surface area contributed by atoms with Crippen LogP contribution in [0.15, 0.2) is 60.8 Å². The number of benzene rings is 3. The van der Waals surface area contributed by atoms with Crippen molar-refractivity contribution in [1.29, 1.82) is 0 Å². The van der Waals surface area contributed by atoms with Crippen LogP contribution in [0.5, 0.6) is 5.75 Å². The number of rotatable bonds is 24. The number of fused-ring (bicyclic) bond motifs is 1. The molecule has 2 heterocycles. The van der Waals surface area contributed by atoms with E-state index in [-0.39, 0.29) is 36.9 Å². The number of aromatic amines is 1. The van der Waals surface area contributed by atoms with Gasteiger partial charge >= 0.3 is 0 Å². The van der Waals surface area contributed by atoms with Gasteiger partial charge in [-0.15, -0.1) is 5.92 Å². The van der Waals surface area contributed by atoms with E-state index in [0.29, 0.717) is 119 Å². The van der Waals surface area contributed by atoms with E-state index >= 15 is 0 Å². The molecule has 1 atom stereocenters. The van der Waals surface area contributed by atoms with E-state index in [1.165, 1.54) is 0 Å². The fourth-order valence-corrected chi connectivity index (χ4v) is 6.07. The molecule has 1 saturated heterocycles. The van der Waals surface area contributed by atoms with Crippen molar-refractivity contribution in [1.82, 2.24) is 25.9 Å². The van der Waals surface area contributed by atoms with Gasteiger partial charge in [0.1, 0.15) is 12.4 Å². The minimum atomic E-state index is -0.316. The third-order valence-corrected chi connectivity index (χ3v) is 9.02. The summed E-state index contributed by atoms with van der Waals surface area (Å²) >= 11 is 0.